The minimum atomic E-state index is -3.94. The second kappa shape index (κ2) is 5.59. The summed E-state index contributed by atoms with van der Waals surface area (Å²) in [6.07, 6.45) is 0. The molecular weight excluding hydrogens is 371 g/mol. The van der Waals surface area contributed by atoms with Crippen molar-refractivity contribution in [3.63, 3.8) is 0 Å². The van der Waals surface area contributed by atoms with Crippen LogP contribution in [0.3, 0.4) is 0 Å². The van der Waals surface area contributed by atoms with Gasteiger partial charge in [0.1, 0.15) is 10.7 Å². The molecule has 2 rings (SSSR count). The molecule has 0 aliphatic rings. The van der Waals surface area contributed by atoms with Gasteiger partial charge in [0.15, 0.2) is 0 Å². The molecule has 0 aliphatic heterocycles. The van der Waals surface area contributed by atoms with Gasteiger partial charge in [0.05, 0.1) is 16.4 Å². The standard InChI is InChI=1S/C12H9BrClFN2O2S/c13-7-1-3-11(9(14)5-7)17-20(18,19)12-4-2-8(15)6-10(12)16/h1-6,17H,16H2. The monoisotopic (exact) mass is 378 g/mol. The predicted molar refractivity (Wildman–Crippen MR) is 80.8 cm³/mol. The molecule has 20 heavy (non-hydrogen) atoms. The molecule has 2 aromatic carbocycles. The fourth-order valence-electron chi connectivity index (χ4n) is 1.54. The van der Waals surface area contributed by atoms with E-state index in [1.54, 1.807) is 12.1 Å². The highest BCUT2D eigenvalue weighted by atomic mass is 79.9. The van der Waals surface area contributed by atoms with Crippen LogP contribution in [0.25, 0.3) is 0 Å². The average Bonchev–Trinajstić information content (AvgIpc) is 2.32. The Labute approximate surface area is 128 Å². The van der Waals surface area contributed by atoms with Gasteiger partial charge in [0, 0.05) is 4.47 Å². The average molecular weight is 380 g/mol. The summed E-state index contributed by atoms with van der Waals surface area (Å²) in [5, 5.41) is 0.226. The lowest BCUT2D eigenvalue weighted by molar-refractivity contribution is 0.600. The summed E-state index contributed by atoms with van der Waals surface area (Å²) in [4.78, 5) is -0.210. The van der Waals surface area contributed by atoms with Crippen molar-refractivity contribution in [2.45, 2.75) is 4.90 Å². The highest BCUT2D eigenvalue weighted by molar-refractivity contribution is 9.10. The van der Waals surface area contributed by atoms with Gasteiger partial charge in [-0.25, -0.2) is 12.8 Å². The van der Waals surface area contributed by atoms with E-state index in [9.17, 15) is 12.8 Å². The fraction of sp³-hybridized carbons (Fsp3) is 0. The molecule has 0 amide bonds. The second-order valence-electron chi connectivity index (χ2n) is 3.91. The number of nitrogen functional groups attached to an aromatic ring is 1. The third-order valence-corrected chi connectivity index (χ3v) is 4.68. The zero-order valence-electron chi connectivity index (χ0n) is 9.90. The maximum atomic E-state index is 12.9. The number of hydrogen-bond acceptors (Lipinski definition) is 3. The smallest absolute Gasteiger partial charge is 0.263 e. The van der Waals surface area contributed by atoms with Crippen molar-refractivity contribution in [1.82, 2.24) is 0 Å². The molecule has 0 spiro atoms. The molecule has 0 heterocycles. The molecule has 0 saturated carbocycles. The van der Waals surface area contributed by atoms with Crippen molar-refractivity contribution in [3.05, 3.63) is 51.7 Å². The second-order valence-corrected chi connectivity index (χ2v) is 6.89. The molecule has 0 aromatic heterocycles. The third-order valence-electron chi connectivity index (χ3n) is 2.44. The molecule has 3 N–H and O–H groups in total. The molecule has 106 valence electrons. The Morgan fingerprint density at radius 3 is 2.50 bits per heavy atom. The lowest BCUT2D eigenvalue weighted by Crippen LogP contribution is -2.15. The van der Waals surface area contributed by atoms with Crippen molar-refractivity contribution >= 4 is 48.9 Å². The van der Waals surface area contributed by atoms with Crippen LogP contribution in [0.15, 0.2) is 45.8 Å². The van der Waals surface area contributed by atoms with Crippen LogP contribution in [0.4, 0.5) is 15.8 Å². The third kappa shape index (κ3) is 3.23. The van der Waals surface area contributed by atoms with Gasteiger partial charge in [-0.3, -0.25) is 4.72 Å². The Balaban J connectivity index is 2.41. The number of anilines is 2. The first-order valence-electron chi connectivity index (χ1n) is 5.32. The summed E-state index contributed by atoms with van der Waals surface area (Å²) in [5.74, 6) is -0.608. The van der Waals surface area contributed by atoms with E-state index in [0.717, 1.165) is 18.2 Å². The van der Waals surface area contributed by atoms with Crippen molar-refractivity contribution in [2.24, 2.45) is 0 Å². The molecule has 2 aromatic rings. The molecule has 0 saturated heterocycles. The van der Waals surface area contributed by atoms with Crippen molar-refractivity contribution < 1.29 is 12.8 Å². The van der Waals surface area contributed by atoms with E-state index in [4.69, 9.17) is 17.3 Å². The topological polar surface area (TPSA) is 72.2 Å². The molecule has 4 nitrogen and oxygen atoms in total. The van der Waals surface area contributed by atoms with Gasteiger partial charge in [0.25, 0.3) is 10.0 Å². The van der Waals surface area contributed by atoms with Gasteiger partial charge in [-0.05, 0) is 36.4 Å². The quantitative estimate of drug-likeness (QED) is 0.800. The molecule has 0 atom stereocenters. The van der Waals surface area contributed by atoms with E-state index in [1.807, 2.05) is 0 Å². The lowest BCUT2D eigenvalue weighted by atomic mass is 10.3. The van der Waals surface area contributed by atoms with Gasteiger partial charge < -0.3 is 5.73 Å². The number of nitrogens with one attached hydrogen (secondary N) is 1. The number of sulfonamides is 1. The molecule has 0 bridgehead atoms. The van der Waals surface area contributed by atoms with Crippen LogP contribution >= 0.6 is 27.5 Å². The van der Waals surface area contributed by atoms with Crippen LogP contribution in [0.1, 0.15) is 0 Å². The highest BCUT2D eigenvalue weighted by Gasteiger charge is 2.19. The number of rotatable bonds is 3. The van der Waals surface area contributed by atoms with Crippen LogP contribution in [0.5, 0.6) is 0 Å². The van der Waals surface area contributed by atoms with Gasteiger partial charge >= 0.3 is 0 Å². The van der Waals surface area contributed by atoms with Crippen LogP contribution in [0.2, 0.25) is 5.02 Å². The van der Waals surface area contributed by atoms with Gasteiger partial charge in [-0.15, -0.1) is 0 Å². The largest absolute Gasteiger partial charge is 0.398 e. The number of benzene rings is 2. The SMILES string of the molecule is Nc1cc(F)ccc1S(=O)(=O)Nc1ccc(Br)cc1Cl. The maximum Gasteiger partial charge on any atom is 0.263 e. The Bertz CT molecular complexity index is 768. The van der Waals surface area contributed by atoms with Crippen molar-refractivity contribution in [3.8, 4) is 0 Å². The molecule has 0 unspecified atom stereocenters. The van der Waals surface area contributed by atoms with E-state index in [0.29, 0.717) is 4.47 Å². The summed E-state index contributed by atoms with van der Waals surface area (Å²) in [5.41, 5.74) is 5.56. The van der Waals surface area contributed by atoms with E-state index in [1.165, 1.54) is 6.07 Å². The van der Waals surface area contributed by atoms with Crippen LogP contribution < -0.4 is 10.5 Å². The zero-order valence-corrected chi connectivity index (χ0v) is 13.1. The first-order valence-corrected chi connectivity index (χ1v) is 7.98. The van der Waals surface area contributed by atoms with Crippen LogP contribution in [0, 0.1) is 5.82 Å². The maximum absolute atomic E-state index is 12.9. The molecular formula is C12H9BrClFN2O2S. The number of hydrogen-bond donors (Lipinski definition) is 2. The Kier molecular flexibility index (Phi) is 4.22. The summed E-state index contributed by atoms with van der Waals surface area (Å²) in [7, 11) is -3.94. The van der Waals surface area contributed by atoms with Gasteiger partial charge in [-0.2, -0.15) is 0 Å². The lowest BCUT2D eigenvalue weighted by Gasteiger charge is -2.11. The zero-order chi connectivity index (χ0) is 14.9. The van der Waals surface area contributed by atoms with E-state index in [-0.39, 0.29) is 21.3 Å². The van der Waals surface area contributed by atoms with Crippen LogP contribution in [-0.4, -0.2) is 8.42 Å². The van der Waals surface area contributed by atoms with Crippen molar-refractivity contribution in [1.29, 1.82) is 0 Å². The molecule has 0 radical (unpaired) electrons. The van der Waals surface area contributed by atoms with Crippen LogP contribution in [-0.2, 0) is 10.0 Å². The summed E-state index contributed by atoms with van der Waals surface area (Å²) >= 11 is 9.16. The Morgan fingerprint density at radius 1 is 1.20 bits per heavy atom. The van der Waals surface area contributed by atoms with E-state index < -0.39 is 15.8 Å². The number of halogens is 3. The predicted octanol–water partition coefficient (Wildman–Crippen LogP) is 3.62. The summed E-state index contributed by atoms with van der Waals surface area (Å²) in [6, 6.07) is 7.75. The van der Waals surface area contributed by atoms with Gasteiger partial charge in [0.2, 0.25) is 0 Å². The summed E-state index contributed by atoms with van der Waals surface area (Å²) < 4.78 is 40.3. The van der Waals surface area contributed by atoms with Gasteiger partial charge in [-0.1, -0.05) is 27.5 Å². The minimum Gasteiger partial charge on any atom is -0.398 e. The number of nitrogens with two attached hydrogens (primary N) is 1. The van der Waals surface area contributed by atoms with E-state index >= 15 is 0 Å². The normalized spacial score (nSPS) is 11.3. The van der Waals surface area contributed by atoms with Crippen molar-refractivity contribution in [2.75, 3.05) is 10.5 Å². The molecule has 8 heteroatoms. The molecule has 0 aliphatic carbocycles. The summed E-state index contributed by atoms with van der Waals surface area (Å²) in [6.45, 7) is 0. The molecule has 0 fully saturated rings. The first-order chi connectivity index (χ1) is 9.29. The Hall–Kier alpha value is -1.31. The minimum absolute atomic E-state index is 0.175. The first kappa shape index (κ1) is 15.1. The Morgan fingerprint density at radius 2 is 1.90 bits per heavy atom. The highest BCUT2D eigenvalue weighted by Crippen LogP contribution is 2.29. The van der Waals surface area contributed by atoms with E-state index in [2.05, 4.69) is 20.7 Å². The fourth-order valence-corrected chi connectivity index (χ4v) is 3.51.